The Morgan fingerprint density at radius 3 is 2.33 bits per heavy atom. The van der Waals surface area contributed by atoms with Crippen molar-refractivity contribution >= 4 is 33.8 Å². The summed E-state index contributed by atoms with van der Waals surface area (Å²) in [6.07, 6.45) is -3.89. The van der Waals surface area contributed by atoms with Crippen LogP contribution in [0.4, 0.5) is 23.9 Å². The van der Waals surface area contributed by atoms with Gasteiger partial charge in [-0.2, -0.15) is 13.2 Å². The number of halogens is 3. The van der Waals surface area contributed by atoms with E-state index in [9.17, 15) is 22.8 Å². The maximum atomic E-state index is 13.1. The molecule has 2 rings (SSSR count). The van der Waals surface area contributed by atoms with Crippen LogP contribution in [0, 0.1) is 12.3 Å². The van der Waals surface area contributed by atoms with Crippen LogP contribution in [-0.4, -0.2) is 18.4 Å². The summed E-state index contributed by atoms with van der Waals surface area (Å²) in [5.74, 6) is -0.619. The van der Waals surface area contributed by atoms with E-state index >= 15 is 0 Å². The lowest BCUT2D eigenvalue weighted by Gasteiger charge is -2.16. The normalized spacial score (nSPS) is 11.9. The second kappa shape index (κ2) is 9.07. The van der Waals surface area contributed by atoms with Gasteiger partial charge in [0.2, 0.25) is 5.91 Å². The van der Waals surface area contributed by atoms with Crippen LogP contribution in [0.5, 0.6) is 5.75 Å². The molecule has 2 aromatic rings. The highest BCUT2D eigenvalue weighted by Crippen LogP contribution is 2.36. The molecule has 0 saturated heterocycles. The van der Waals surface area contributed by atoms with E-state index in [1.54, 1.807) is 33.8 Å². The number of thiophene rings is 1. The van der Waals surface area contributed by atoms with Gasteiger partial charge in [0, 0.05) is 5.41 Å². The van der Waals surface area contributed by atoms with Gasteiger partial charge in [0.15, 0.2) is 0 Å². The Balaban J connectivity index is 2.29. The molecule has 0 bridgehead atoms. The van der Waals surface area contributed by atoms with E-state index in [-0.39, 0.29) is 22.2 Å². The lowest BCUT2D eigenvalue weighted by atomic mass is 9.96. The summed E-state index contributed by atoms with van der Waals surface area (Å²) in [5.41, 5.74) is -0.951. The first-order valence-corrected chi connectivity index (χ1v) is 10.2. The average molecular weight is 443 g/mol. The van der Waals surface area contributed by atoms with Crippen LogP contribution < -0.4 is 15.4 Å². The molecular weight excluding hydrogens is 417 g/mol. The molecule has 1 aromatic heterocycles. The van der Waals surface area contributed by atoms with Crippen LogP contribution in [0.1, 0.15) is 54.9 Å². The number of rotatable bonds is 6. The number of ether oxygens (including phenoxy) is 1. The molecule has 1 heterocycles. The van der Waals surface area contributed by atoms with Crippen molar-refractivity contribution in [2.24, 2.45) is 5.41 Å². The van der Waals surface area contributed by atoms with Crippen LogP contribution in [-0.2, 0) is 11.0 Å². The van der Waals surface area contributed by atoms with Crippen molar-refractivity contribution in [1.82, 2.24) is 0 Å². The molecule has 0 atom stereocenters. The predicted octanol–water partition coefficient (Wildman–Crippen LogP) is 6.10. The van der Waals surface area contributed by atoms with Gasteiger partial charge in [-0.25, -0.2) is 0 Å². The number of nitrogens with one attached hydrogen (secondary N) is 2. The minimum Gasteiger partial charge on any atom is -0.491 e. The Labute approximate surface area is 177 Å². The number of anilines is 2. The zero-order valence-corrected chi connectivity index (χ0v) is 18.3. The van der Waals surface area contributed by atoms with Gasteiger partial charge in [-0.1, -0.05) is 27.7 Å². The molecule has 9 heteroatoms. The smallest absolute Gasteiger partial charge is 0.416 e. The van der Waals surface area contributed by atoms with Gasteiger partial charge in [-0.3, -0.25) is 9.59 Å². The number of alkyl halides is 3. The Morgan fingerprint density at radius 1 is 1.10 bits per heavy atom. The third kappa shape index (κ3) is 5.98. The van der Waals surface area contributed by atoms with Crippen LogP contribution in [0.25, 0.3) is 0 Å². The summed E-state index contributed by atoms with van der Waals surface area (Å²) < 4.78 is 44.8. The minimum atomic E-state index is -4.55. The summed E-state index contributed by atoms with van der Waals surface area (Å²) in [6, 6.07) is 4.62. The summed E-state index contributed by atoms with van der Waals surface area (Å²) in [7, 11) is 0. The molecule has 0 aliphatic rings. The largest absolute Gasteiger partial charge is 0.491 e. The predicted molar refractivity (Wildman–Crippen MR) is 112 cm³/mol. The molecule has 0 unspecified atom stereocenters. The van der Waals surface area contributed by atoms with Gasteiger partial charge in [0.25, 0.3) is 5.91 Å². The van der Waals surface area contributed by atoms with Crippen molar-refractivity contribution in [3.05, 3.63) is 40.3 Å². The lowest BCUT2D eigenvalue weighted by Crippen LogP contribution is -2.27. The van der Waals surface area contributed by atoms with Crippen molar-refractivity contribution in [2.75, 3.05) is 17.2 Å². The monoisotopic (exact) mass is 442 g/mol. The van der Waals surface area contributed by atoms with Gasteiger partial charge in [-0.05, 0) is 43.2 Å². The number of amides is 2. The molecule has 0 saturated carbocycles. The molecule has 1 aromatic carbocycles. The van der Waals surface area contributed by atoms with Gasteiger partial charge >= 0.3 is 6.18 Å². The molecule has 0 aliphatic carbocycles. The number of carbonyl (C=O) groups is 2. The molecule has 0 radical (unpaired) electrons. The van der Waals surface area contributed by atoms with Crippen molar-refractivity contribution in [2.45, 2.75) is 47.2 Å². The number of hydrogen-bond acceptors (Lipinski definition) is 4. The van der Waals surface area contributed by atoms with E-state index in [2.05, 4.69) is 10.6 Å². The standard InChI is InChI=1S/C21H25F3N2O3S/c1-6-9-29-15-8-7-13(21(22,23)24)11-14(15)25-18(27)17-12(2)10-16(30-17)26-19(28)20(3,4)5/h7-8,10-11H,6,9H2,1-5H3,(H,25,27)(H,26,28). The van der Waals surface area contributed by atoms with E-state index in [4.69, 9.17) is 4.74 Å². The van der Waals surface area contributed by atoms with E-state index in [0.717, 1.165) is 23.5 Å². The molecule has 5 nitrogen and oxygen atoms in total. The minimum absolute atomic E-state index is 0.0589. The summed E-state index contributed by atoms with van der Waals surface area (Å²) in [5, 5.41) is 5.77. The molecule has 0 fully saturated rings. The second-order valence-corrected chi connectivity index (χ2v) is 8.89. The van der Waals surface area contributed by atoms with Crippen LogP contribution >= 0.6 is 11.3 Å². The van der Waals surface area contributed by atoms with Gasteiger partial charge < -0.3 is 15.4 Å². The molecule has 164 valence electrons. The molecule has 2 N–H and O–H groups in total. The first kappa shape index (κ1) is 23.7. The van der Waals surface area contributed by atoms with Crippen LogP contribution in [0.3, 0.4) is 0 Å². The maximum absolute atomic E-state index is 13.1. The topological polar surface area (TPSA) is 67.4 Å². The zero-order chi connectivity index (χ0) is 22.7. The highest BCUT2D eigenvalue weighted by molar-refractivity contribution is 7.18. The Bertz CT molecular complexity index is 931. The Hall–Kier alpha value is -2.55. The summed E-state index contributed by atoms with van der Waals surface area (Å²) >= 11 is 1.06. The maximum Gasteiger partial charge on any atom is 0.416 e. The van der Waals surface area contributed by atoms with E-state index in [0.29, 0.717) is 23.6 Å². The molecule has 0 aliphatic heterocycles. The van der Waals surface area contributed by atoms with E-state index in [1.165, 1.54) is 6.07 Å². The van der Waals surface area contributed by atoms with Gasteiger partial charge in [0.1, 0.15) is 5.75 Å². The van der Waals surface area contributed by atoms with Crippen molar-refractivity contribution in [3.63, 3.8) is 0 Å². The molecule has 2 amide bonds. The zero-order valence-electron chi connectivity index (χ0n) is 17.5. The number of hydrogen-bond donors (Lipinski definition) is 2. The molecular formula is C21H25F3N2O3S. The third-order valence-corrected chi connectivity index (χ3v) is 5.21. The fourth-order valence-corrected chi connectivity index (χ4v) is 3.35. The highest BCUT2D eigenvalue weighted by atomic mass is 32.1. The van der Waals surface area contributed by atoms with Crippen LogP contribution in [0.2, 0.25) is 0 Å². The average Bonchev–Trinajstić information content (AvgIpc) is 2.99. The first-order valence-electron chi connectivity index (χ1n) is 9.40. The first-order chi connectivity index (χ1) is 13.8. The number of benzene rings is 1. The van der Waals surface area contributed by atoms with Gasteiger partial charge in [0.05, 0.1) is 27.7 Å². The van der Waals surface area contributed by atoms with Crippen LogP contribution in [0.15, 0.2) is 24.3 Å². The van der Waals surface area contributed by atoms with E-state index < -0.39 is 23.1 Å². The highest BCUT2D eigenvalue weighted by Gasteiger charge is 2.31. The van der Waals surface area contributed by atoms with Crippen molar-refractivity contribution < 1.29 is 27.5 Å². The Kier molecular flexibility index (Phi) is 7.18. The molecule has 30 heavy (non-hydrogen) atoms. The Morgan fingerprint density at radius 2 is 1.77 bits per heavy atom. The SMILES string of the molecule is CCCOc1ccc(C(F)(F)F)cc1NC(=O)c1sc(NC(=O)C(C)(C)C)cc1C. The number of aryl methyl sites for hydroxylation is 1. The number of carbonyl (C=O) groups excluding carboxylic acids is 2. The third-order valence-electron chi connectivity index (χ3n) is 4.06. The quantitative estimate of drug-likeness (QED) is 0.568. The molecule has 0 spiro atoms. The summed E-state index contributed by atoms with van der Waals surface area (Å²) in [4.78, 5) is 25.2. The van der Waals surface area contributed by atoms with E-state index in [1.807, 2.05) is 6.92 Å². The van der Waals surface area contributed by atoms with Crippen molar-refractivity contribution in [1.29, 1.82) is 0 Å². The fraction of sp³-hybridized carbons (Fsp3) is 0.429. The van der Waals surface area contributed by atoms with Crippen molar-refractivity contribution in [3.8, 4) is 5.75 Å². The van der Waals surface area contributed by atoms with Gasteiger partial charge in [-0.15, -0.1) is 11.3 Å². The lowest BCUT2D eigenvalue weighted by molar-refractivity contribution is -0.137. The second-order valence-electron chi connectivity index (χ2n) is 7.84. The summed E-state index contributed by atoms with van der Waals surface area (Å²) in [6.45, 7) is 9.16. The fourth-order valence-electron chi connectivity index (χ4n) is 2.39.